The number of anilines is 1. The Morgan fingerprint density at radius 1 is 0.977 bits per heavy atom. The Balaban J connectivity index is 1.36. The van der Waals surface area contributed by atoms with E-state index in [2.05, 4.69) is 24.1 Å². The smallest absolute Gasteiger partial charge is 0.332 e. The summed E-state index contributed by atoms with van der Waals surface area (Å²) in [7, 11) is 1.61. The molecule has 3 heterocycles. The van der Waals surface area contributed by atoms with Gasteiger partial charge in [0.15, 0.2) is 0 Å². The maximum absolute atomic E-state index is 14.3. The molecule has 6 rings (SSSR count). The molecule has 43 heavy (non-hydrogen) atoms. The lowest BCUT2D eigenvalue weighted by Gasteiger charge is -2.36. The fourth-order valence-corrected chi connectivity index (χ4v) is 6.50. The Morgan fingerprint density at radius 2 is 1.70 bits per heavy atom. The Kier molecular flexibility index (Phi) is 7.69. The zero-order valence-electron chi connectivity index (χ0n) is 25.1. The van der Waals surface area contributed by atoms with Crippen molar-refractivity contribution >= 4 is 34.4 Å². The van der Waals surface area contributed by atoms with Crippen molar-refractivity contribution in [1.29, 1.82) is 0 Å². The number of amides is 4. The number of imide groups is 1. The number of carbonyl (C=O) groups excluding carboxylic acids is 3. The van der Waals surface area contributed by atoms with E-state index in [0.29, 0.717) is 29.3 Å². The SMILES string of the molecule is COc1ccc(C2c3[nH]c4ccccc4c3CC3C(=O)N(c4ccccc4C(=O)NC(C)CCCC(C)C)C(=O)N32)cc1. The molecule has 222 valence electrons. The minimum Gasteiger partial charge on any atom is -0.497 e. The summed E-state index contributed by atoms with van der Waals surface area (Å²) in [4.78, 5) is 48.5. The molecule has 1 saturated heterocycles. The van der Waals surface area contributed by atoms with Crippen molar-refractivity contribution in [2.24, 2.45) is 5.92 Å². The number of nitrogens with zero attached hydrogens (tertiary/aromatic N) is 2. The third-order valence-corrected chi connectivity index (χ3v) is 8.67. The molecule has 0 radical (unpaired) electrons. The third kappa shape index (κ3) is 5.15. The van der Waals surface area contributed by atoms with Gasteiger partial charge in [0.05, 0.1) is 18.4 Å². The first kappa shape index (κ1) is 28.5. The lowest BCUT2D eigenvalue weighted by molar-refractivity contribution is -0.120. The predicted molar refractivity (Wildman–Crippen MR) is 167 cm³/mol. The molecule has 4 aromatic rings. The van der Waals surface area contributed by atoms with Crippen LogP contribution in [-0.2, 0) is 11.2 Å². The molecule has 2 aliphatic heterocycles. The summed E-state index contributed by atoms with van der Waals surface area (Å²) in [6, 6.07) is 20.8. The number of aromatic amines is 1. The maximum Gasteiger partial charge on any atom is 0.332 e. The first-order valence-electron chi connectivity index (χ1n) is 15.1. The number of fused-ring (bicyclic) bond motifs is 4. The number of benzene rings is 3. The third-order valence-electron chi connectivity index (χ3n) is 8.67. The number of para-hydroxylation sites is 2. The first-order chi connectivity index (χ1) is 20.8. The van der Waals surface area contributed by atoms with Crippen molar-refractivity contribution in [1.82, 2.24) is 15.2 Å². The molecule has 0 aliphatic carbocycles. The lowest BCUT2D eigenvalue weighted by Crippen LogP contribution is -2.44. The quantitative estimate of drug-likeness (QED) is 0.219. The monoisotopic (exact) mass is 578 g/mol. The summed E-state index contributed by atoms with van der Waals surface area (Å²) >= 11 is 0. The van der Waals surface area contributed by atoms with Crippen LogP contribution in [0, 0.1) is 5.92 Å². The van der Waals surface area contributed by atoms with Crippen LogP contribution in [0.15, 0.2) is 72.8 Å². The fraction of sp³-hybridized carbons (Fsp3) is 0.343. The summed E-state index contributed by atoms with van der Waals surface area (Å²) in [5.41, 5.74) is 4.37. The highest BCUT2D eigenvalue weighted by Crippen LogP contribution is 2.45. The van der Waals surface area contributed by atoms with Gasteiger partial charge in [-0.1, -0.05) is 69.2 Å². The van der Waals surface area contributed by atoms with E-state index < -0.39 is 18.1 Å². The van der Waals surface area contributed by atoms with Crippen molar-refractivity contribution in [3.8, 4) is 5.75 Å². The van der Waals surface area contributed by atoms with Crippen LogP contribution in [0.1, 0.15) is 73.3 Å². The van der Waals surface area contributed by atoms with Crippen molar-refractivity contribution in [2.75, 3.05) is 12.0 Å². The molecule has 0 saturated carbocycles. The number of carbonyl (C=O) groups is 3. The number of hydrogen-bond donors (Lipinski definition) is 2. The summed E-state index contributed by atoms with van der Waals surface area (Å²) in [5, 5.41) is 4.13. The number of nitrogens with one attached hydrogen (secondary N) is 2. The van der Waals surface area contributed by atoms with Crippen LogP contribution in [0.2, 0.25) is 0 Å². The van der Waals surface area contributed by atoms with Crippen molar-refractivity contribution in [2.45, 2.75) is 64.6 Å². The van der Waals surface area contributed by atoms with Crippen LogP contribution >= 0.6 is 0 Å². The van der Waals surface area contributed by atoms with Gasteiger partial charge in [-0.25, -0.2) is 9.69 Å². The van der Waals surface area contributed by atoms with Crippen molar-refractivity contribution in [3.05, 3.63) is 95.2 Å². The molecular formula is C35H38N4O4. The van der Waals surface area contributed by atoms with Crippen LogP contribution < -0.4 is 15.0 Å². The molecule has 3 unspecified atom stereocenters. The molecule has 2 N–H and O–H groups in total. The van der Waals surface area contributed by atoms with Crippen molar-refractivity contribution < 1.29 is 19.1 Å². The first-order valence-corrected chi connectivity index (χ1v) is 15.1. The molecule has 1 fully saturated rings. The van der Waals surface area contributed by atoms with Gasteiger partial charge in [0, 0.05) is 29.1 Å². The van der Waals surface area contributed by atoms with Gasteiger partial charge >= 0.3 is 6.03 Å². The van der Waals surface area contributed by atoms with Crippen LogP contribution in [0.4, 0.5) is 10.5 Å². The minimum absolute atomic E-state index is 0.0339. The van der Waals surface area contributed by atoms with Gasteiger partial charge in [0.2, 0.25) is 0 Å². The highest BCUT2D eigenvalue weighted by atomic mass is 16.5. The number of aromatic nitrogens is 1. The Hall–Kier alpha value is -4.59. The molecule has 0 spiro atoms. The zero-order valence-corrected chi connectivity index (χ0v) is 25.1. The van der Waals surface area contributed by atoms with Crippen molar-refractivity contribution in [3.63, 3.8) is 0 Å². The van der Waals surface area contributed by atoms with Crippen LogP contribution in [0.5, 0.6) is 5.75 Å². The average Bonchev–Trinajstić information content (AvgIpc) is 3.50. The number of methoxy groups -OCH3 is 1. The highest BCUT2D eigenvalue weighted by molar-refractivity contribution is 6.24. The minimum atomic E-state index is -0.711. The molecule has 0 bridgehead atoms. The fourth-order valence-electron chi connectivity index (χ4n) is 6.50. The number of hydrogen-bond acceptors (Lipinski definition) is 4. The molecule has 3 atom stereocenters. The van der Waals surface area contributed by atoms with Crippen LogP contribution in [0.25, 0.3) is 10.9 Å². The standard InChI is InChI=1S/C35H38N4O4/c1-21(2)10-9-11-22(3)36-33(40)26-13-6-8-15-29(26)39-34(41)30-20-27-25-12-5-7-14-28(25)37-31(27)32(38(30)35(39)42)23-16-18-24(43-4)19-17-23/h5-8,12-19,21-22,30,32,37H,9-11,20H2,1-4H3,(H,36,40). The number of ether oxygens (including phenoxy) is 1. The molecule has 1 aromatic heterocycles. The van der Waals surface area contributed by atoms with Crippen LogP contribution in [-0.4, -0.2) is 46.9 Å². The molecular weight excluding hydrogens is 540 g/mol. The Morgan fingerprint density at radius 3 is 2.44 bits per heavy atom. The zero-order chi connectivity index (χ0) is 30.2. The normalized spacial score (nSPS) is 18.6. The van der Waals surface area contributed by atoms with Gasteiger partial charge < -0.3 is 15.0 Å². The predicted octanol–water partition coefficient (Wildman–Crippen LogP) is 6.60. The van der Waals surface area contributed by atoms with Gasteiger partial charge in [0.1, 0.15) is 17.8 Å². The molecule has 8 heteroatoms. The van der Waals surface area contributed by atoms with E-state index in [1.165, 1.54) is 4.90 Å². The second kappa shape index (κ2) is 11.6. The largest absolute Gasteiger partial charge is 0.497 e. The van der Waals surface area contributed by atoms with Gasteiger partial charge in [-0.05, 0) is 60.7 Å². The van der Waals surface area contributed by atoms with E-state index >= 15 is 0 Å². The summed E-state index contributed by atoms with van der Waals surface area (Å²) in [6.07, 6.45) is 3.35. The van der Waals surface area contributed by atoms with Gasteiger partial charge in [-0.15, -0.1) is 0 Å². The molecule has 4 amide bonds. The molecule has 2 aliphatic rings. The second-order valence-electron chi connectivity index (χ2n) is 12.0. The van der Waals surface area contributed by atoms with E-state index in [4.69, 9.17) is 4.74 Å². The molecule has 8 nitrogen and oxygen atoms in total. The number of rotatable bonds is 9. The lowest BCUT2D eigenvalue weighted by atomic mass is 9.89. The highest BCUT2D eigenvalue weighted by Gasteiger charge is 2.53. The van der Waals surface area contributed by atoms with E-state index in [1.807, 2.05) is 55.5 Å². The van der Waals surface area contributed by atoms with Gasteiger partial charge in [-0.2, -0.15) is 0 Å². The average molecular weight is 579 g/mol. The second-order valence-corrected chi connectivity index (χ2v) is 12.0. The maximum atomic E-state index is 14.3. The van der Waals surface area contributed by atoms with Gasteiger partial charge in [-0.3, -0.25) is 14.5 Å². The van der Waals surface area contributed by atoms with Crippen LogP contribution in [0.3, 0.4) is 0 Å². The number of urea groups is 1. The van der Waals surface area contributed by atoms with E-state index in [1.54, 1.807) is 36.3 Å². The van der Waals surface area contributed by atoms with E-state index in [9.17, 15) is 14.4 Å². The Bertz CT molecular complexity index is 1670. The van der Waals surface area contributed by atoms with E-state index in [-0.39, 0.29) is 17.9 Å². The summed E-state index contributed by atoms with van der Waals surface area (Å²) in [5.74, 6) is 0.693. The topological polar surface area (TPSA) is 94.7 Å². The summed E-state index contributed by atoms with van der Waals surface area (Å²) in [6.45, 7) is 6.37. The van der Waals surface area contributed by atoms with Gasteiger partial charge in [0.25, 0.3) is 11.8 Å². The Labute approximate surface area is 252 Å². The number of H-pyrrole nitrogens is 1. The van der Waals surface area contributed by atoms with E-state index in [0.717, 1.165) is 47.0 Å². The molecule has 3 aromatic carbocycles. The summed E-state index contributed by atoms with van der Waals surface area (Å²) < 4.78 is 5.38.